The van der Waals surface area contributed by atoms with Crippen LogP contribution in [0.4, 0.5) is 5.82 Å². The molecule has 24 heavy (non-hydrogen) atoms. The number of nitrogens with zero attached hydrogens (tertiary/aromatic N) is 3. The Morgan fingerprint density at radius 2 is 2.25 bits per heavy atom. The maximum absolute atomic E-state index is 12.2. The number of ether oxygens (including phenoxy) is 1. The van der Waals surface area contributed by atoms with Crippen LogP contribution < -0.4 is 5.32 Å². The first-order valence-corrected chi connectivity index (χ1v) is 8.56. The maximum atomic E-state index is 12.2. The number of carbonyl (C=O) groups excluding carboxylic acids is 2. The molecule has 0 saturated heterocycles. The summed E-state index contributed by atoms with van der Waals surface area (Å²) in [6.45, 7) is 3.40. The fourth-order valence-corrected chi connectivity index (χ4v) is 2.24. The van der Waals surface area contributed by atoms with Crippen LogP contribution in [0, 0.1) is 6.92 Å². The smallest absolute Gasteiger partial charge is 0.359 e. The van der Waals surface area contributed by atoms with Crippen LogP contribution in [0.1, 0.15) is 29.6 Å². The van der Waals surface area contributed by atoms with E-state index in [0.29, 0.717) is 10.9 Å². The summed E-state index contributed by atoms with van der Waals surface area (Å²) in [5.74, 6) is -0.519. The number of halogens is 1. The van der Waals surface area contributed by atoms with Crippen LogP contribution in [0.5, 0.6) is 0 Å². The highest BCUT2D eigenvalue weighted by atomic mass is 35.5. The Balaban J connectivity index is 2.09. The summed E-state index contributed by atoms with van der Waals surface area (Å²) < 4.78 is 10.1. The van der Waals surface area contributed by atoms with Gasteiger partial charge < -0.3 is 14.6 Å². The summed E-state index contributed by atoms with van der Waals surface area (Å²) in [5, 5.41) is 6.60. The minimum Gasteiger partial charge on any atom is -0.447 e. The molecule has 8 nitrogen and oxygen atoms in total. The van der Waals surface area contributed by atoms with E-state index in [1.807, 2.05) is 0 Å². The molecular weight excluding hydrogens is 356 g/mol. The first kappa shape index (κ1) is 18.2. The first-order chi connectivity index (χ1) is 11.4. The Hall–Kier alpha value is -2.13. The monoisotopic (exact) mass is 370 g/mol. The van der Waals surface area contributed by atoms with E-state index in [1.54, 1.807) is 26.2 Å². The van der Waals surface area contributed by atoms with Crippen LogP contribution >= 0.6 is 23.4 Å². The zero-order valence-electron chi connectivity index (χ0n) is 13.2. The van der Waals surface area contributed by atoms with Gasteiger partial charge in [0, 0.05) is 6.07 Å². The Labute approximate surface area is 147 Å². The molecular formula is C14H15ClN4O4S. The lowest BCUT2D eigenvalue weighted by Crippen LogP contribution is -2.32. The number of anilines is 1. The van der Waals surface area contributed by atoms with Gasteiger partial charge in [-0.15, -0.1) is 0 Å². The summed E-state index contributed by atoms with van der Waals surface area (Å²) in [7, 11) is 0. The highest BCUT2D eigenvalue weighted by Crippen LogP contribution is 2.18. The highest BCUT2D eigenvalue weighted by molar-refractivity contribution is 7.98. The van der Waals surface area contributed by atoms with Gasteiger partial charge in [0.25, 0.3) is 5.91 Å². The molecule has 0 unspecified atom stereocenters. The molecule has 0 saturated carbocycles. The Kier molecular flexibility index (Phi) is 6.16. The molecule has 2 aromatic rings. The van der Waals surface area contributed by atoms with Gasteiger partial charge in [-0.2, -0.15) is 0 Å². The summed E-state index contributed by atoms with van der Waals surface area (Å²) in [5.41, 5.74) is -0.0838. The van der Waals surface area contributed by atoms with E-state index < -0.39 is 18.0 Å². The zero-order chi connectivity index (χ0) is 17.7. The minimum absolute atomic E-state index is 0.0557. The van der Waals surface area contributed by atoms with Crippen LogP contribution in [-0.4, -0.2) is 39.4 Å². The van der Waals surface area contributed by atoms with E-state index in [0.717, 1.165) is 0 Å². The minimum atomic E-state index is -1.02. The standard InChI is InChI=1S/C14H15ClN4O4S/c1-4-9(12(20)17-10-5-7(2)23-19-10)22-13(21)11-8(15)6-16-14(18-11)24-3/h5-6,9H,4H2,1-3H3,(H,17,19,20)/t9-/m0/s1. The van der Waals surface area contributed by atoms with Gasteiger partial charge >= 0.3 is 5.97 Å². The predicted molar refractivity (Wildman–Crippen MR) is 88.2 cm³/mol. The number of aryl methyl sites for hydroxylation is 1. The van der Waals surface area contributed by atoms with Crippen LogP contribution in [-0.2, 0) is 9.53 Å². The molecule has 0 radical (unpaired) electrons. The molecule has 10 heteroatoms. The topological polar surface area (TPSA) is 107 Å². The largest absolute Gasteiger partial charge is 0.447 e. The fraction of sp³-hybridized carbons (Fsp3) is 0.357. The number of carbonyl (C=O) groups is 2. The third-order valence-electron chi connectivity index (χ3n) is 2.89. The highest BCUT2D eigenvalue weighted by Gasteiger charge is 2.25. The molecule has 0 aliphatic heterocycles. The second kappa shape index (κ2) is 8.11. The van der Waals surface area contributed by atoms with E-state index in [9.17, 15) is 9.59 Å². The number of hydrogen-bond acceptors (Lipinski definition) is 8. The second-order valence-electron chi connectivity index (χ2n) is 4.67. The summed E-state index contributed by atoms with van der Waals surface area (Å²) >= 11 is 7.19. The number of aromatic nitrogens is 3. The Bertz CT molecular complexity index is 752. The lowest BCUT2D eigenvalue weighted by atomic mass is 10.2. The van der Waals surface area contributed by atoms with Crippen molar-refractivity contribution < 1.29 is 18.8 Å². The van der Waals surface area contributed by atoms with Gasteiger partial charge in [-0.05, 0) is 19.6 Å². The molecule has 0 spiro atoms. The van der Waals surface area contributed by atoms with E-state index in [4.69, 9.17) is 20.9 Å². The normalized spacial score (nSPS) is 11.8. The van der Waals surface area contributed by atoms with Crippen molar-refractivity contribution in [1.29, 1.82) is 0 Å². The van der Waals surface area contributed by atoms with Gasteiger partial charge in [-0.25, -0.2) is 14.8 Å². The summed E-state index contributed by atoms with van der Waals surface area (Å²) in [4.78, 5) is 32.4. The van der Waals surface area contributed by atoms with Gasteiger partial charge in [-0.1, -0.05) is 35.4 Å². The van der Waals surface area contributed by atoms with Crippen molar-refractivity contribution in [2.24, 2.45) is 0 Å². The lowest BCUT2D eigenvalue weighted by molar-refractivity contribution is -0.124. The van der Waals surface area contributed by atoms with E-state index in [2.05, 4.69) is 20.4 Å². The van der Waals surface area contributed by atoms with Crippen molar-refractivity contribution in [2.75, 3.05) is 11.6 Å². The third kappa shape index (κ3) is 4.45. The number of rotatable bonds is 6. The molecule has 128 valence electrons. The van der Waals surface area contributed by atoms with Crippen molar-refractivity contribution in [3.8, 4) is 0 Å². The van der Waals surface area contributed by atoms with E-state index in [-0.39, 0.29) is 23.0 Å². The van der Waals surface area contributed by atoms with E-state index in [1.165, 1.54) is 18.0 Å². The van der Waals surface area contributed by atoms with E-state index >= 15 is 0 Å². The molecule has 1 atom stereocenters. The van der Waals surface area contributed by atoms with Crippen LogP contribution in [0.25, 0.3) is 0 Å². The molecule has 2 aromatic heterocycles. The molecule has 0 aromatic carbocycles. The quantitative estimate of drug-likeness (QED) is 0.470. The van der Waals surface area contributed by atoms with Crippen molar-refractivity contribution in [2.45, 2.75) is 31.5 Å². The van der Waals surface area contributed by atoms with Crippen molar-refractivity contribution in [1.82, 2.24) is 15.1 Å². The maximum Gasteiger partial charge on any atom is 0.359 e. The molecule has 0 fully saturated rings. The molecule has 2 rings (SSSR count). The number of amides is 1. The number of thioether (sulfide) groups is 1. The van der Waals surface area contributed by atoms with Gasteiger partial charge in [0.2, 0.25) is 0 Å². The fourth-order valence-electron chi connectivity index (χ4n) is 1.73. The van der Waals surface area contributed by atoms with Gasteiger partial charge in [0.15, 0.2) is 22.8 Å². The number of nitrogens with one attached hydrogen (secondary N) is 1. The molecule has 1 N–H and O–H groups in total. The van der Waals surface area contributed by atoms with Crippen molar-refractivity contribution in [3.63, 3.8) is 0 Å². The number of esters is 1. The summed E-state index contributed by atoms with van der Waals surface area (Å²) in [6.07, 6.45) is 2.33. The summed E-state index contributed by atoms with van der Waals surface area (Å²) in [6, 6.07) is 1.55. The third-order valence-corrected chi connectivity index (χ3v) is 3.73. The Morgan fingerprint density at radius 3 is 2.83 bits per heavy atom. The van der Waals surface area contributed by atoms with Gasteiger partial charge in [0.05, 0.1) is 11.2 Å². The molecule has 0 aliphatic carbocycles. The van der Waals surface area contributed by atoms with Gasteiger partial charge in [-0.3, -0.25) is 4.79 Å². The number of hydrogen-bond donors (Lipinski definition) is 1. The zero-order valence-corrected chi connectivity index (χ0v) is 14.8. The second-order valence-corrected chi connectivity index (χ2v) is 5.85. The SMILES string of the molecule is CC[C@H](OC(=O)c1nc(SC)ncc1Cl)C(=O)Nc1cc(C)on1. The molecule has 0 aliphatic rings. The predicted octanol–water partition coefficient (Wildman–Crippen LogP) is 2.72. The van der Waals surface area contributed by atoms with Crippen LogP contribution in [0.2, 0.25) is 5.02 Å². The van der Waals surface area contributed by atoms with Gasteiger partial charge in [0.1, 0.15) is 5.76 Å². The van der Waals surface area contributed by atoms with Crippen molar-refractivity contribution >= 4 is 41.1 Å². The first-order valence-electron chi connectivity index (χ1n) is 6.96. The van der Waals surface area contributed by atoms with Crippen LogP contribution in [0.15, 0.2) is 21.9 Å². The van der Waals surface area contributed by atoms with Crippen molar-refractivity contribution in [3.05, 3.63) is 28.7 Å². The lowest BCUT2D eigenvalue weighted by Gasteiger charge is -2.15. The Morgan fingerprint density at radius 1 is 1.50 bits per heavy atom. The van der Waals surface area contributed by atoms with Crippen LogP contribution in [0.3, 0.4) is 0 Å². The molecule has 2 heterocycles. The average molecular weight is 371 g/mol. The molecule has 0 bridgehead atoms. The average Bonchev–Trinajstić information content (AvgIpc) is 2.97. The molecule has 1 amide bonds.